The second-order valence-corrected chi connectivity index (χ2v) is 5.00. The first kappa shape index (κ1) is 9.52. The highest BCUT2D eigenvalue weighted by molar-refractivity contribution is 14.1. The molecule has 2 aromatic rings. The molecule has 0 amide bonds. The molecule has 0 fully saturated rings. The lowest BCUT2D eigenvalue weighted by atomic mass is 10.2. The fourth-order valence-corrected chi connectivity index (χ4v) is 2.62. The standard InChI is InChI=1S/C10H9BrIN/c1-2-13-6-9(12)8-4-3-7(11)5-10(8)13/h3-6H,2H2,1H3. The fraction of sp³-hybridized carbons (Fsp3) is 0.200. The van der Waals surface area contributed by atoms with E-state index in [9.17, 15) is 0 Å². The first-order valence-corrected chi connectivity index (χ1v) is 6.03. The topological polar surface area (TPSA) is 4.93 Å². The van der Waals surface area contributed by atoms with Crippen molar-refractivity contribution >= 4 is 49.4 Å². The normalized spacial score (nSPS) is 11.0. The second kappa shape index (κ2) is 3.61. The number of nitrogens with zero attached hydrogens (tertiary/aromatic N) is 1. The zero-order valence-corrected chi connectivity index (χ0v) is 11.0. The molecule has 13 heavy (non-hydrogen) atoms. The third kappa shape index (κ3) is 1.64. The summed E-state index contributed by atoms with van der Waals surface area (Å²) in [5.74, 6) is 0. The van der Waals surface area contributed by atoms with Crippen molar-refractivity contribution in [3.63, 3.8) is 0 Å². The Kier molecular flexibility index (Phi) is 2.65. The van der Waals surface area contributed by atoms with E-state index in [1.807, 2.05) is 0 Å². The number of halogens is 2. The van der Waals surface area contributed by atoms with Crippen LogP contribution < -0.4 is 0 Å². The molecule has 0 aliphatic rings. The monoisotopic (exact) mass is 349 g/mol. The molecule has 1 aromatic heterocycles. The molecule has 0 saturated carbocycles. The third-order valence-electron chi connectivity index (χ3n) is 2.14. The summed E-state index contributed by atoms with van der Waals surface area (Å²) in [4.78, 5) is 0. The number of aryl methyl sites for hydroxylation is 1. The summed E-state index contributed by atoms with van der Waals surface area (Å²) in [5.41, 5.74) is 1.31. The Labute approximate surface area is 99.4 Å². The van der Waals surface area contributed by atoms with Gasteiger partial charge in [-0.3, -0.25) is 0 Å². The van der Waals surface area contributed by atoms with Crippen LogP contribution in [0.3, 0.4) is 0 Å². The van der Waals surface area contributed by atoms with Crippen LogP contribution in [0, 0.1) is 3.57 Å². The SMILES string of the molecule is CCn1cc(I)c2ccc(Br)cc21. The Balaban J connectivity index is 2.81. The lowest BCUT2D eigenvalue weighted by molar-refractivity contribution is 0.796. The van der Waals surface area contributed by atoms with Crippen molar-refractivity contribution in [3.05, 3.63) is 32.4 Å². The highest BCUT2D eigenvalue weighted by Gasteiger charge is 2.04. The number of aromatic nitrogens is 1. The number of hydrogen-bond donors (Lipinski definition) is 0. The summed E-state index contributed by atoms with van der Waals surface area (Å²) < 4.78 is 4.73. The quantitative estimate of drug-likeness (QED) is 0.685. The number of hydrogen-bond acceptors (Lipinski definition) is 0. The lowest BCUT2D eigenvalue weighted by Gasteiger charge is -1.99. The maximum atomic E-state index is 3.49. The Hall–Kier alpha value is -0.0300. The molecule has 1 nitrogen and oxygen atoms in total. The van der Waals surface area contributed by atoms with Crippen LogP contribution in [0.25, 0.3) is 10.9 Å². The van der Waals surface area contributed by atoms with E-state index >= 15 is 0 Å². The van der Waals surface area contributed by atoms with E-state index in [0.29, 0.717) is 0 Å². The summed E-state index contributed by atoms with van der Waals surface area (Å²) in [6.07, 6.45) is 2.19. The van der Waals surface area contributed by atoms with Gasteiger partial charge in [0.1, 0.15) is 0 Å². The van der Waals surface area contributed by atoms with E-state index < -0.39 is 0 Å². The van der Waals surface area contributed by atoms with E-state index in [2.05, 4.69) is 74.4 Å². The highest BCUT2D eigenvalue weighted by Crippen LogP contribution is 2.25. The van der Waals surface area contributed by atoms with Crippen molar-refractivity contribution < 1.29 is 0 Å². The van der Waals surface area contributed by atoms with Gasteiger partial charge < -0.3 is 4.57 Å². The van der Waals surface area contributed by atoms with Crippen molar-refractivity contribution in [2.75, 3.05) is 0 Å². The van der Waals surface area contributed by atoms with E-state index in [-0.39, 0.29) is 0 Å². The average molecular weight is 350 g/mol. The number of fused-ring (bicyclic) bond motifs is 1. The van der Waals surface area contributed by atoms with E-state index in [1.165, 1.54) is 14.5 Å². The first-order valence-electron chi connectivity index (χ1n) is 4.16. The molecule has 0 bridgehead atoms. The molecule has 1 heterocycles. The third-order valence-corrected chi connectivity index (χ3v) is 3.49. The molecule has 1 aromatic carbocycles. The van der Waals surface area contributed by atoms with Crippen molar-refractivity contribution in [2.24, 2.45) is 0 Å². The average Bonchev–Trinajstić information content (AvgIpc) is 2.42. The summed E-state index contributed by atoms with van der Waals surface area (Å²) >= 11 is 5.87. The molecule has 3 heteroatoms. The zero-order valence-electron chi connectivity index (χ0n) is 7.22. The van der Waals surface area contributed by atoms with Gasteiger partial charge in [-0.1, -0.05) is 22.0 Å². The lowest BCUT2D eigenvalue weighted by Crippen LogP contribution is -1.89. The largest absolute Gasteiger partial charge is 0.347 e. The molecule has 0 unspecified atom stereocenters. The second-order valence-electron chi connectivity index (χ2n) is 2.92. The molecule has 68 valence electrons. The number of benzene rings is 1. The van der Waals surface area contributed by atoms with Gasteiger partial charge in [0.25, 0.3) is 0 Å². The summed E-state index contributed by atoms with van der Waals surface area (Å²) in [6.45, 7) is 3.19. The molecule has 0 aliphatic heterocycles. The van der Waals surface area contributed by atoms with Gasteiger partial charge in [0.05, 0.1) is 5.52 Å². The molecular formula is C10H9BrIN. The Morgan fingerprint density at radius 2 is 2.23 bits per heavy atom. The van der Waals surface area contributed by atoms with Gasteiger partial charge >= 0.3 is 0 Å². The van der Waals surface area contributed by atoms with Gasteiger partial charge in [0, 0.05) is 26.2 Å². The molecule has 0 atom stereocenters. The van der Waals surface area contributed by atoms with Crippen LogP contribution in [-0.4, -0.2) is 4.57 Å². The molecule has 0 N–H and O–H groups in total. The van der Waals surface area contributed by atoms with Crippen LogP contribution in [0.4, 0.5) is 0 Å². The summed E-state index contributed by atoms with van der Waals surface area (Å²) in [5, 5.41) is 1.34. The maximum absolute atomic E-state index is 3.49. The molecule has 0 radical (unpaired) electrons. The van der Waals surface area contributed by atoms with Gasteiger partial charge in [-0.2, -0.15) is 0 Å². The van der Waals surface area contributed by atoms with Crippen LogP contribution in [-0.2, 0) is 6.54 Å². The van der Waals surface area contributed by atoms with E-state index in [0.717, 1.165) is 11.0 Å². The minimum Gasteiger partial charge on any atom is -0.347 e. The van der Waals surface area contributed by atoms with Crippen molar-refractivity contribution in [3.8, 4) is 0 Å². The smallest absolute Gasteiger partial charge is 0.0502 e. The molecule has 0 aliphatic carbocycles. The zero-order chi connectivity index (χ0) is 9.42. The van der Waals surface area contributed by atoms with Gasteiger partial charge in [-0.25, -0.2) is 0 Å². The van der Waals surface area contributed by atoms with Crippen LogP contribution in [0.1, 0.15) is 6.92 Å². The maximum Gasteiger partial charge on any atom is 0.0502 e. The van der Waals surface area contributed by atoms with E-state index in [1.54, 1.807) is 0 Å². The van der Waals surface area contributed by atoms with Crippen molar-refractivity contribution in [2.45, 2.75) is 13.5 Å². The molecule has 0 saturated heterocycles. The van der Waals surface area contributed by atoms with Crippen LogP contribution in [0.2, 0.25) is 0 Å². The molecule has 0 spiro atoms. The fourth-order valence-electron chi connectivity index (χ4n) is 1.48. The summed E-state index contributed by atoms with van der Waals surface area (Å²) in [7, 11) is 0. The van der Waals surface area contributed by atoms with Crippen LogP contribution >= 0.6 is 38.5 Å². The Morgan fingerprint density at radius 1 is 1.46 bits per heavy atom. The number of rotatable bonds is 1. The van der Waals surface area contributed by atoms with Crippen LogP contribution in [0.5, 0.6) is 0 Å². The Morgan fingerprint density at radius 3 is 2.92 bits per heavy atom. The van der Waals surface area contributed by atoms with Crippen molar-refractivity contribution in [1.29, 1.82) is 0 Å². The van der Waals surface area contributed by atoms with Gasteiger partial charge in [0.2, 0.25) is 0 Å². The summed E-state index contributed by atoms with van der Waals surface area (Å²) in [6, 6.07) is 6.42. The Bertz CT molecular complexity index is 447. The van der Waals surface area contributed by atoms with E-state index in [4.69, 9.17) is 0 Å². The minimum atomic E-state index is 1.02. The van der Waals surface area contributed by atoms with Gasteiger partial charge in [-0.05, 0) is 41.6 Å². The van der Waals surface area contributed by atoms with Gasteiger partial charge in [-0.15, -0.1) is 0 Å². The molecule has 2 rings (SSSR count). The van der Waals surface area contributed by atoms with Gasteiger partial charge in [0.15, 0.2) is 0 Å². The molecular weight excluding hydrogens is 341 g/mol. The first-order chi connectivity index (χ1) is 6.22. The predicted molar refractivity (Wildman–Crippen MR) is 68.0 cm³/mol. The van der Waals surface area contributed by atoms with Crippen molar-refractivity contribution in [1.82, 2.24) is 4.57 Å². The minimum absolute atomic E-state index is 1.02. The predicted octanol–water partition coefficient (Wildman–Crippen LogP) is 4.03. The van der Waals surface area contributed by atoms with Crippen LogP contribution in [0.15, 0.2) is 28.9 Å². The highest BCUT2D eigenvalue weighted by atomic mass is 127.